The van der Waals surface area contributed by atoms with E-state index in [-0.39, 0.29) is 75.5 Å². The van der Waals surface area contributed by atoms with E-state index in [2.05, 4.69) is 373 Å². The number of carbonyl (C=O) groups is 4. The Labute approximate surface area is 837 Å². The standard InChI is InChI=1S/C25H29BrN2O2.C20H21BrN2O.C20H21BrO3.C13H17BrO2.C11H13BrO2.C11H15Br.C11H16.CH4/c1-25(2,3)18-10-13-20(21(26)15-18)23-16-22(17-8-11-19(29-4)12-9-17)27-28(23)24-7-5-6-14-30-24;1-20(2,3)14-7-10-16(17(21)11-14)19-12-18(22-23-19)13-5-8-15(24-4)9-6-13;1-20(2,3)14-7-10-16(17(21)11-14)19(23)12-18(22)13-5-8-15(24-4)9-6-13;1-5-16-12(15)10-7-6-9(8-11(10)14)13(2,3)4;1-11(2,3)7-4-5-8(10(13)14)9(12)6-7;1-8-5-6-9(7-10(8)12)11(2,3)4;1-9-5-7-10(8-6-9)11(2,3)4;/h8-13,15-16,24H,5-7,14H2,1-4H3;5-12H,1-4H3,(H,22,23);5-11H,12H2,1-4H3;6-8H,5H2,1-4H3;4-6H,1-3H3,(H,13,14);5-7H,1-4H3;5-8H,1-4H3;1H4. The number of hydrogen-bond donors (Lipinski definition) is 2. The molecule has 1 aliphatic rings. The molecule has 20 heteroatoms. The van der Waals surface area contributed by atoms with Gasteiger partial charge in [-0.1, -0.05) is 301 Å². The number of nitrogens with one attached hydrogen (secondary N) is 1. The monoisotopic (exact) mass is 2170 g/mol. The lowest BCUT2D eigenvalue weighted by Crippen LogP contribution is -2.20. The van der Waals surface area contributed by atoms with Gasteiger partial charge in [0.05, 0.1) is 68.3 Å². The minimum absolute atomic E-state index is 0. The third kappa shape index (κ3) is 33.3. The highest BCUT2D eigenvalue weighted by Crippen LogP contribution is 2.41. The Balaban J connectivity index is 0.000000243. The minimum Gasteiger partial charge on any atom is -0.497 e. The molecular weight excluding hydrogens is 2040 g/mol. The van der Waals surface area contributed by atoms with Crippen molar-refractivity contribution in [3.8, 4) is 62.3 Å². The maximum atomic E-state index is 12.5. The van der Waals surface area contributed by atoms with Gasteiger partial charge in [0.2, 0.25) is 0 Å². The van der Waals surface area contributed by atoms with Gasteiger partial charge in [-0.2, -0.15) is 10.2 Å². The second-order valence-corrected chi connectivity index (χ2v) is 44.8. The maximum Gasteiger partial charge on any atom is 0.339 e. The number of ether oxygens (including phenoxy) is 5. The zero-order valence-corrected chi connectivity index (χ0v) is 90.9. The second kappa shape index (κ2) is 49.1. The summed E-state index contributed by atoms with van der Waals surface area (Å²) in [6.45, 7) is 53.0. The number of benzene rings is 10. The fourth-order valence-corrected chi connectivity index (χ4v) is 16.6. The first-order valence-electron chi connectivity index (χ1n) is 44.1. The summed E-state index contributed by atoms with van der Waals surface area (Å²) in [6, 6.07) is 72.2. The molecule has 12 aromatic rings. The number of rotatable bonds is 15. The second-order valence-electron chi connectivity index (χ2n) is 39.6. The molecule has 10 aromatic carbocycles. The molecule has 132 heavy (non-hydrogen) atoms. The van der Waals surface area contributed by atoms with Gasteiger partial charge >= 0.3 is 11.9 Å². The fourth-order valence-electron chi connectivity index (χ4n) is 13.3. The number of halogens is 6. The summed E-state index contributed by atoms with van der Waals surface area (Å²) in [5.41, 5.74) is 22.5. The number of aromatic amines is 1. The van der Waals surface area contributed by atoms with Gasteiger partial charge in [-0.25, -0.2) is 14.3 Å². The summed E-state index contributed by atoms with van der Waals surface area (Å²) >= 11 is 21.2. The highest BCUT2D eigenvalue weighted by Gasteiger charge is 2.28. The van der Waals surface area contributed by atoms with Crippen LogP contribution < -0.4 is 14.2 Å². The molecule has 1 fully saturated rings. The summed E-state index contributed by atoms with van der Waals surface area (Å²) in [4.78, 5) is 47.1. The number of Topliss-reactive ketones (excluding diaryl/α,β-unsaturated/α-hetero) is 2. The van der Waals surface area contributed by atoms with E-state index >= 15 is 0 Å². The van der Waals surface area contributed by atoms with Crippen LogP contribution in [0.4, 0.5) is 0 Å². The van der Waals surface area contributed by atoms with Crippen LogP contribution in [0.15, 0.2) is 245 Å². The normalized spacial score (nSPS) is 12.7. The van der Waals surface area contributed by atoms with Crippen molar-refractivity contribution in [1.29, 1.82) is 0 Å². The number of aromatic nitrogens is 4. The highest BCUT2D eigenvalue weighted by molar-refractivity contribution is 9.11. The van der Waals surface area contributed by atoms with Gasteiger partial charge in [0.15, 0.2) is 17.8 Å². The van der Waals surface area contributed by atoms with Gasteiger partial charge in [0.25, 0.3) is 0 Å². The number of carbonyl (C=O) groups excluding carboxylic acids is 3. The SMILES string of the molecule is C.CC(C)(C)c1ccc(C(=O)O)c(Br)c1.CCOC(=O)c1ccc(C(C)(C)C)cc1Br.COc1ccc(-c2cc(-c3ccc(C(C)(C)C)cc3Br)[nH]n2)cc1.COc1ccc(-c2cc(-c3ccc(C(C)(C)C)cc3Br)n(C3CCCCO3)n2)cc1.COc1ccc(C(=O)CC(=O)c2ccc(C(C)(C)C)cc2Br)cc1.Cc1ccc(C(C)(C)C)cc1.Cc1ccc(C(C)(C)C)cc1Br. The number of hydrogen-bond acceptors (Lipinski definition) is 11. The topological polar surface area (TPSA) is 181 Å². The number of aromatic carboxylic acids is 1. The molecule has 0 radical (unpaired) electrons. The van der Waals surface area contributed by atoms with Crippen molar-refractivity contribution in [2.24, 2.45) is 0 Å². The summed E-state index contributed by atoms with van der Waals surface area (Å²) in [5.74, 6) is 0.785. The Morgan fingerprint density at radius 3 is 1.17 bits per heavy atom. The lowest BCUT2D eigenvalue weighted by molar-refractivity contribution is -0.0382. The van der Waals surface area contributed by atoms with Crippen molar-refractivity contribution in [2.75, 3.05) is 34.5 Å². The molecule has 1 aliphatic heterocycles. The van der Waals surface area contributed by atoms with E-state index in [1.807, 2.05) is 78.9 Å². The molecule has 0 aliphatic carbocycles. The number of H-pyrrole nitrogens is 1. The van der Waals surface area contributed by atoms with E-state index in [1.54, 1.807) is 64.7 Å². The summed E-state index contributed by atoms with van der Waals surface area (Å²) in [7, 11) is 4.92. The average Bonchev–Trinajstić information content (AvgIpc) is 1.64. The van der Waals surface area contributed by atoms with Crippen LogP contribution in [0.5, 0.6) is 17.2 Å². The number of methoxy groups -OCH3 is 3. The van der Waals surface area contributed by atoms with Crippen LogP contribution in [0.1, 0.15) is 283 Å². The molecule has 0 saturated carbocycles. The van der Waals surface area contributed by atoms with Crippen molar-refractivity contribution in [2.45, 2.75) is 243 Å². The van der Waals surface area contributed by atoms with Crippen LogP contribution in [0.3, 0.4) is 0 Å². The molecule has 13 rings (SSSR count). The minimum atomic E-state index is -0.905. The molecule has 0 amide bonds. The first-order valence-corrected chi connectivity index (χ1v) is 48.8. The molecule has 706 valence electrons. The molecule has 2 aromatic heterocycles. The summed E-state index contributed by atoms with van der Waals surface area (Å²) in [5, 5.41) is 21.4. The predicted octanol–water partition coefficient (Wildman–Crippen LogP) is 33.4. The molecule has 1 saturated heterocycles. The average molecular weight is 2180 g/mol. The molecule has 1 atom stereocenters. The number of ketones is 2. The third-order valence-corrected chi connectivity index (χ3v) is 26.1. The largest absolute Gasteiger partial charge is 0.497 e. The van der Waals surface area contributed by atoms with E-state index in [0.29, 0.717) is 39.1 Å². The number of carboxylic acid groups (broad SMARTS) is 1. The molecular formula is C112H136Br6N4O10. The number of esters is 1. The smallest absolute Gasteiger partial charge is 0.339 e. The van der Waals surface area contributed by atoms with Gasteiger partial charge < -0.3 is 28.8 Å². The number of carboxylic acids is 1. The molecule has 1 unspecified atom stereocenters. The predicted molar refractivity (Wildman–Crippen MR) is 569 cm³/mol. The van der Waals surface area contributed by atoms with Gasteiger partial charge in [-0.15, -0.1) is 0 Å². The van der Waals surface area contributed by atoms with E-state index in [4.69, 9.17) is 33.9 Å². The summed E-state index contributed by atoms with van der Waals surface area (Å²) < 4.78 is 34.2. The molecule has 2 N–H and O–H groups in total. The van der Waals surface area contributed by atoms with E-state index in [9.17, 15) is 19.2 Å². The fraction of sp³-hybridized carbons (Fsp3) is 0.375. The van der Waals surface area contributed by atoms with Crippen LogP contribution in [0, 0.1) is 13.8 Å². The Morgan fingerprint density at radius 2 is 0.788 bits per heavy atom. The Kier molecular flexibility index (Phi) is 41.6. The van der Waals surface area contributed by atoms with Gasteiger partial charge in [-0.3, -0.25) is 14.7 Å². The van der Waals surface area contributed by atoms with Crippen molar-refractivity contribution >= 4 is 119 Å². The van der Waals surface area contributed by atoms with E-state index in [0.717, 1.165) is 111 Å². The Morgan fingerprint density at radius 1 is 0.417 bits per heavy atom. The number of aryl methyl sites for hydroxylation is 2. The first kappa shape index (κ1) is 112. The van der Waals surface area contributed by atoms with Crippen LogP contribution in [0.25, 0.3) is 45.0 Å². The first-order chi connectivity index (χ1) is 61.0. The van der Waals surface area contributed by atoms with Gasteiger partial charge in [0.1, 0.15) is 17.2 Å². The molecule has 3 heterocycles. The quantitative estimate of drug-likeness (QED) is 0.0564. The lowest BCUT2D eigenvalue weighted by Gasteiger charge is -2.25. The van der Waals surface area contributed by atoms with E-state index < -0.39 is 5.97 Å². The van der Waals surface area contributed by atoms with Crippen LogP contribution in [0.2, 0.25) is 0 Å². The van der Waals surface area contributed by atoms with Crippen molar-refractivity contribution in [3.63, 3.8) is 0 Å². The zero-order valence-electron chi connectivity index (χ0n) is 81.3. The van der Waals surface area contributed by atoms with Crippen LogP contribution in [-0.2, 0) is 47.4 Å². The van der Waals surface area contributed by atoms with Crippen molar-refractivity contribution in [1.82, 2.24) is 20.0 Å². The maximum absolute atomic E-state index is 12.5. The third-order valence-electron chi connectivity index (χ3n) is 22.0. The number of nitrogens with zero attached hydrogens (tertiary/aromatic N) is 3. The van der Waals surface area contributed by atoms with Crippen molar-refractivity contribution < 1.29 is 48.0 Å². The summed E-state index contributed by atoms with van der Waals surface area (Å²) in [6.07, 6.45) is 3.07. The zero-order chi connectivity index (χ0) is 97.6. The lowest BCUT2D eigenvalue weighted by atomic mass is 9.86. The molecule has 0 bridgehead atoms. The van der Waals surface area contributed by atoms with Gasteiger partial charge in [0, 0.05) is 66.8 Å². The van der Waals surface area contributed by atoms with Crippen molar-refractivity contribution in [3.05, 3.63) is 318 Å². The van der Waals surface area contributed by atoms with Crippen LogP contribution in [-0.4, -0.2) is 83.1 Å². The van der Waals surface area contributed by atoms with Crippen LogP contribution >= 0.6 is 95.6 Å². The highest BCUT2D eigenvalue weighted by atomic mass is 79.9. The molecule has 0 spiro atoms. The Hall–Kier alpha value is -8.86. The van der Waals surface area contributed by atoms with Gasteiger partial charge in [-0.05, 0) is 294 Å². The van der Waals surface area contributed by atoms with E-state index in [1.165, 1.54) is 43.4 Å². The molecule has 14 nitrogen and oxygen atoms in total. The Bertz CT molecular complexity index is 5800.